The van der Waals surface area contributed by atoms with Crippen molar-refractivity contribution in [2.75, 3.05) is 24.4 Å². The molecule has 0 bridgehead atoms. The predicted octanol–water partition coefficient (Wildman–Crippen LogP) is 1.93. The van der Waals surface area contributed by atoms with Crippen LogP contribution in [0, 0.1) is 0 Å². The molecule has 2 aromatic heterocycles. The quantitative estimate of drug-likeness (QED) is 0.625. The van der Waals surface area contributed by atoms with E-state index in [1.807, 2.05) is 0 Å². The lowest BCUT2D eigenvalue weighted by atomic mass is 10.5. The lowest BCUT2D eigenvalue weighted by Crippen LogP contribution is -2.21. The highest BCUT2D eigenvalue weighted by atomic mass is 32.1. The highest BCUT2D eigenvalue weighted by Crippen LogP contribution is 2.20. The van der Waals surface area contributed by atoms with Gasteiger partial charge < -0.3 is 20.1 Å². The molecule has 0 fully saturated rings. The fraction of sp³-hybridized carbons (Fsp3) is 0.250. The van der Waals surface area contributed by atoms with Crippen LogP contribution in [-0.2, 0) is 4.74 Å². The van der Waals surface area contributed by atoms with E-state index in [1.165, 1.54) is 36.4 Å². The van der Waals surface area contributed by atoms with Gasteiger partial charge in [-0.25, -0.2) is 19.7 Å². The monoisotopic (exact) mass is 339 g/mol. The second-order valence-electron chi connectivity index (χ2n) is 3.77. The number of aromatic nitrogens is 3. The molecule has 0 aromatic carbocycles. The summed E-state index contributed by atoms with van der Waals surface area (Å²) in [5.74, 6) is 0.724. The van der Waals surface area contributed by atoms with Gasteiger partial charge in [0.25, 0.3) is 0 Å². The van der Waals surface area contributed by atoms with E-state index in [1.54, 1.807) is 6.92 Å². The number of thiazole rings is 1. The Morgan fingerprint density at radius 2 is 2.14 bits per heavy atom. The zero-order valence-corrected chi connectivity index (χ0v) is 13.5. The summed E-state index contributed by atoms with van der Waals surface area (Å²) in [5, 5.41) is 5.89. The number of carbonyl (C=O) groups excluding carboxylic acids is 1. The summed E-state index contributed by atoms with van der Waals surface area (Å²) in [7, 11) is 1.50. The fourth-order valence-electron chi connectivity index (χ4n) is 1.42. The van der Waals surface area contributed by atoms with Gasteiger partial charge in [-0.3, -0.25) is 0 Å². The van der Waals surface area contributed by atoms with Crippen molar-refractivity contribution in [1.82, 2.24) is 15.0 Å². The highest BCUT2D eigenvalue weighted by molar-refractivity contribution is 7.80. The van der Waals surface area contributed by atoms with Gasteiger partial charge in [0, 0.05) is 0 Å². The molecule has 2 N–H and O–H groups in total. The third-order valence-electron chi connectivity index (χ3n) is 2.34. The van der Waals surface area contributed by atoms with Crippen molar-refractivity contribution < 1.29 is 14.3 Å². The van der Waals surface area contributed by atoms with Crippen LogP contribution in [0.2, 0.25) is 0 Å². The minimum atomic E-state index is -0.445. The maximum Gasteiger partial charge on any atom is 0.352 e. The van der Waals surface area contributed by atoms with Gasteiger partial charge in [-0.2, -0.15) is 0 Å². The first-order valence-corrected chi connectivity index (χ1v) is 7.47. The maximum atomic E-state index is 11.7. The Hall–Kier alpha value is -2.33. The molecule has 2 aromatic rings. The number of ether oxygens (including phenoxy) is 2. The van der Waals surface area contributed by atoms with Gasteiger partial charge in [-0.05, 0) is 19.1 Å². The van der Waals surface area contributed by atoms with E-state index in [4.69, 9.17) is 21.7 Å². The van der Waals surface area contributed by atoms with Crippen LogP contribution in [0.4, 0.5) is 11.6 Å². The molecule has 8 nitrogen and oxygen atoms in total. The van der Waals surface area contributed by atoms with E-state index in [9.17, 15) is 4.79 Å². The van der Waals surface area contributed by atoms with Crippen molar-refractivity contribution in [3.63, 3.8) is 0 Å². The second kappa shape index (κ2) is 7.61. The zero-order valence-electron chi connectivity index (χ0n) is 11.8. The molecule has 0 spiro atoms. The first-order chi connectivity index (χ1) is 10.6. The van der Waals surface area contributed by atoms with E-state index in [-0.39, 0.29) is 5.11 Å². The van der Waals surface area contributed by atoms with Crippen LogP contribution in [-0.4, -0.2) is 39.8 Å². The Bertz CT molecular complexity index is 659. The Morgan fingerprint density at radius 1 is 1.32 bits per heavy atom. The van der Waals surface area contributed by atoms with Crippen LogP contribution in [0.15, 0.2) is 17.9 Å². The summed E-state index contributed by atoms with van der Waals surface area (Å²) >= 11 is 6.32. The average molecular weight is 339 g/mol. The van der Waals surface area contributed by atoms with Crippen molar-refractivity contribution >= 4 is 46.3 Å². The number of methoxy groups -OCH3 is 1. The van der Waals surface area contributed by atoms with Crippen LogP contribution in [0.3, 0.4) is 0 Å². The Labute approximate surface area is 135 Å². The van der Waals surface area contributed by atoms with Crippen molar-refractivity contribution in [2.24, 2.45) is 0 Å². The van der Waals surface area contributed by atoms with Gasteiger partial charge in [-0.15, -0.1) is 11.3 Å². The first kappa shape index (κ1) is 16.0. The lowest BCUT2D eigenvalue weighted by Gasteiger charge is -2.09. The number of carbonyl (C=O) groups is 1. The molecule has 0 saturated carbocycles. The molecule has 0 saturated heterocycles. The van der Waals surface area contributed by atoms with Gasteiger partial charge >= 0.3 is 5.97 Å². The molecular formula is C12H13N5O3S2. The predicted molar refractivity (Wildman–Crippen MR) is 86.5 cm³/mol. The maximum absolute atomic E-state index is 11.7. The van der Waals surface area contributed by atoms with Crippen molar-refractivity contribution in [2.45, 2.75) is 6.92 Å². The normalized spacial score (nSPS) is 9.91. The van der Waals surface area contributed by atoms with E-state index in [0.717, 1.165) is 0 Å². The van der Waals surface area contributed by atoms with Crippen LogP contribution in [0.25, 0.3) is 0 Å². The van der Waals surface area contributed by atoms with Crippen molar-refractivity contribution in [1.29, 1.82) is 0 Å². The molecule has 2 heterocycles. The van der Waals surface area contributed by atoms with E-state index in [2.05, 4.69) is 25.6 Å². The minimum Gasteiger partial charge on any atom is -0.480 e. The Kier molecular flexibility index (Phi) is 5.55. The van der Waals surface area contributed by atoms with Crippen LogP contribution < -0.4 is 15.4 Å². The summed E-state index contributed by atoms with van der Waals surface area (Å²) in [6.45, 7) is 2.03. The third-order valence-corrected chi connectivity index (χ3v) is 3.35. The van der Waals surface area contributed by atoms with Crippen LogP contribution >= 0.6 is 23.6 Å². The number of esters is 1. The smallest absolute Gasteiger partial charge is 0.352 e. The SMILES string of the molecule is CCOC(=O)c1scnc1NC(=S)Nc1cnc(OC)cn1. The van der Waals surface area contributed by atoms with E-state index in [0.29, 0.717) is 29.0 Å². The number of hydrogen-bond donors (Lipinski definition) is 2. The lowest BCUT2D eigenvalue weighted by molar-refractivity contribution is 0.0533. The number of thiocarbonyl (C=S) groups is 1. The molecule has 0 unspecified atom stereocenters. The minimum absolute atomic E-state index is 0.232. The average Bonchev–Trinajstić information content (AvgIpc) is 2.96. The number of anilines is 2. The molecule has 0 aliphatic heterocycles. The summed E-state index contributed by atoms with van der Waals surface area (Å²) < 4.78 is 9.86. The molecule has 0 atom stereocenters. The Morgan fingerprint density at radius 3 is 2.77 bits per heavy atom. The van der Waals surface area contributed by atoms with Crippen LogP contribution in [0.1, 0.15) is 16.6 Å². The Balaban J connectivity index is 2.00. The summed E-state index contributed by atoms with van der Waals surface area (Å²) in [6, 6.07) is 0. The highest BCUT2D eigenvalue weighted by Gasteiger charge is 2.16. The molecule has 0 aliphatic carbocycles. The van der Waals surface area contributed by atoms with E-state index >= 15 is 0 Å². The molecule has 116 valence electrons. The zero-order chi connectivity index (χ0) is 15.9. The van der Waals surface area contributed by atoms with Gasteiger partial charge in [0.05, 0.1) is 31.6 Å². The van der Waals surface area contributed by atoms with E-state index < -0.39 is 5.97 Å². The fourth-order valence-corrected chi connectivity index (χ4v) is 2.25. The van der Waals surface area contributed by atoms with Gasteiger partial charge in [0.15, 0.2) is 21.6 Å². The molecule has 2 rings (SSSR count). The number of nitrogens with zero attached hydrogens (tertiary/aromatic N) is 3. The summed E-state index contributed by atoms with van der Waals surface area (Å²) in [6.07, 6.45) is 2.93. The summed E-state index contributed by atoms with van der Waals surface area (Å²) in [5.41, 5.74) is 1.53. The van der Waals surface area contributed by atoms with Crippen molar-refractivity contribution in [3.05, 3.63) is 22.8 Å². The number of rotatable bonds is 5. The second-order valence-corrected chi connectivity index (χ2v) is 5.04. The molecule has 0 aliphatic rings. The molecule has 10 heteroatoms. The third kappa shape index (κ3) is 4.09. The van der Waals surface area contributed by atoms with Gasteiger partial charge in [0.1, 0.15) is 0 Å². The first-order valence-electron chi connectivity index (χ1n) is 6.18. The molecule has 22 heavy (non-hydrogen) atoms. The van der Waals surface area contributed by atoms with Crippen molar-refractivity contribution in [3.8, 4) is 5.88 Å². The largest absolute Gasteiger partial charge is 0.480 e. The van der Waals surface area contributed by atoms with Crippen LogP contribution in [0.5, 0.6) is 5.88 Å². The topological polar surface area (TPSA) is 98.3 Å². The van der Waals surface area contributed by atoms with Gasteiger partial charge in [-0.1, -0.05) is 0 Å². The standard InChI is InChI=1S/C12H13N5O3S2/c1-3-20-11(18)9-10(15-6-22-9)17-12(21)16-7-4-14-8(19-2)5-13-7/h4-6H,3H2,1-2H3,(H2,13,16,17,21). The number of hydrogen-bond acceptors (Lipinski definition) is 8. The van der Waals surface area contributed by atoms with Gasteiger partial charge in [0.2, 0.25) is 5.88 Å². The molecule has 0 radical (unpaired) electrons. The number of nitrogens with one attached hydrogen (secondary N) is 2. The summed E-state index contributed by atoms with van der Waals surface area (Å²) in [4.78, 5) is 24.2. The molecule has 0 amide bonds. The molecular weight excluding hydrogens is 326 g/mol.